The standard InChI is InChI=1S/C25H26F3N3O2/c1-15-13-18(33-2)11-12-19(15)24(32)30-17-9-7-16(8-10-17)29-22-14-23(25(26,27)28)31-21-6-4-3-5-20(21)22/h3-6,11-14,16-17H,7-10H2,1-2H3,(H,29,31)(H,30,32)/t16-,17+. The van der Waals surface area contributed by atoms with Crippen LogP contribution in [0, 0.1) is 6.92 Å². The molecule has 0 spiro atoms. The number of rotatable bonds is 5. The van der Waals surface area contributed by atoms with Crippen molar-refractivity contribution >= 4 is 22.5 Å². The maximum absolute atomic E-state index is 13.3. The van der Waals surface area contributed by atoms with Crippen molar-refractivity contribution in [1.29, 1.82) is 0 Å². The average Bonchev–Trinajstić information content (AvgIpc) is 2.79. The monoisotopic (exact) mass is 457 g/mol. The second kappa shape index (κ2) is 9.29. The molecule has 1 saturated carbocycles. The number of ether oxygens (including phenoxy) is 1. The van der Waals surface area contributed by atoms with E-state index in [0.29, 0.717) is 27.9 Å². The number of hydrogen-bond donors (Lipinski definition) is 2. The summed E-state index contributed by atoms with van der Waals surface area (Å²) in [6, 6.07) is 13.3. The number of carbonyl (C=O) groups is 1. The van der Waals surface area contributed by atoms with Crippen LogP contribution < -0.4 is 15.4 Å². The minimum atomic E-state index is -4.51. The van der Waals surface area contributed by atoms with Crippen LogP contribution in [0.1, 0.15) is 47.3 Å². The molecule has 2 N–H and O–H groups in total. The number of aromatic nitrogens is 1. The van der Waals surface area contributed by atoms with Crippen molar-refractivity contribution in [1.82, 2.24) is 10.3 Å². The molecule has 1 fully saturated rings. The second-order valence-electron chi connectivity index (χ2n) is 8.42. The number of pyridine rings is 1. The van der Waals surface area contributed by atoms with Gasteiger partial charge < -0.3 is 15.4 Å². The molecular formula is C25H26F3N3O2. The van der Waals surface area contributed by atoms with E-state index in [1.54, 1.807) is 43.5 Å². The number of nitrogens with one attached hydrogen (secondary N) is 2. The Bertz CT molecular complexity index is 1160. The van der Waals surface area contributed by atoms with E-state index in [-0.39, 0.29) is 18.0 Å². The van der Waals surface area contributed by atoms with Crippen molar-refractivity contribution in [2.75, 3.05) is 12.4 Å². The van der Waals surface area contributed by atoms with Crippen molar-refractivity contribution in [3.8, 4) is 5.75 Å². The predicted molar refractivity (Wildman–Crippen MR) is 122 cm³/mol. The fraction of sp³-hybridized carbons (Fsp3) is 0.360. The topological polar surface area (TPSA) is 63.2 Å². The molecule has 0 unspecified atom stereocenters. The van der Waals surface area contributed by atoms with Crippen molar-refractivity contribution in [2.45, 2.75) is 50.9 Å². The molecule has 0 bridgehead atoms. The lowest BCUT2D eigenvalue weighted by Crippen LogP contribution is -2.40. The Labute approximate surface area is 190 Å². The minimum absolute atomic E-state index is 0.0211. The van der Waals surface area contributed by atoms with E-state index in [1.165, 1.54) is 0 Å². The zero-order valence-electron chi connectivity index (χ0n) is 18.5. The fourth-order valence-corrected chi connectivity index (χ4v) is 4.32. The Kier molecular flexibility index (Phi) is 6.44. The first kappa shape index (κ1) is 22.9. The first-order valence-corrected chi connectivity index (χ1v) is 10.9. The summed E-state index contributed by atoms with van der Waals surface area (Å²) >= 11 is 0. The number of carbonyl (C=O) groups excluding carboxylic acids is 1. The number of para-hydroxylation sites is 1. The number of nitrogens with zero attached hydrogens (tertiary/aromatic N) is 1. The van der Waals surface area contributed by atoms with E-state index < -0.39 is 11.9 Å². The van der Waals surface area contributed by atoms with E-state index in [4.69, 9.17) is 4.74 Å². The number of methoxy groups -OCH3 is 1. The summed E-state index contributed by atoms with van der Waals surface area (Å²) in [4.78, 5) is 16.5. The van der Waals surface area contributed by atoms with Gasteiger partial charge in [-0.3, -0.25) is 4.79 Å². The maximum atomic E-state index is 13.3. The van der Waals surface area contributed by atoms with E-state index in [1.807, 2.05) is 13.0 Å². The van der Waals surface area contributed by atoms with Crippen LogP contribution in [0.3, 0.4) is 0 Å². The van der Waals surface area contributed by atoms with Gasteiger partial charge >= 0.3 is 6.18 Å². The first-order chi connectivity index (χ1) is 15.7. The molecule has 3 aromatic rings. The van der Waals surface area contributed by atoms with Crippen molar-refractivity contribution < 1.29 is 22.7 Å². The molecule has 1 aromatic heterocycles. The van der Waals surface area contributed by atoms with E-state index >= 15 is 0 Å². The van der Waals surface area contributed by atoms with Crippen LogP contribution in [0.25, 0.3) is 10.9 Å². The summed E-state index contributed by atoms with van der Waals surface area (Å²) in [6.07, 6.45) is -1.54. The van der Waals surface area contributed by atoms with Gasteiger partial charge in [0.15, 0.2) is 0 Å². The summed E-state index contributed by atoms with van der Waals surface area (Å²) < 4.78 is 45.1. The number of halogens is 3. The number of aryl methyl sites for hydroxylation is 1. The van der Waals surface area contributed by atoms with Gasteiger partial charge in [0.05, 0.1) is 12.6 Å². The number of fused-ring (bicyclic) bond motifs is 1. The summed E-state index contributed by atoms with van der Waals surface area (Å²) in [5.74, 6) is 0.578. The molecule has 0 radical (unpaired) electrons. The Morgan fingerprint density at radius 3 is 2.39 bits per heavy atom. The Morgan fingerprint density at radius 2 is 1.73 bits per heavy atom. The zero-order valence-corrected chi connectivity index (χ0v) is 18.5. The quantitative estimate of drug-likeness (QED) is 0.514. The van der Waals surface area contributed by atoms with Gasteiger partial charge in [0.25, 0.3) is 5.91 Å². The van der Waals surface area contributed by atoms with Gasteiger partial charge in [0.1, 0.15) is 11.4 Å². The van der Waals surface area contributed by atoms with Crippen molar-refractivity contribution in [3.63, 3.8) is 0 Å². The minimum Gasteiger partial charge on any atom is -0.497 e. The van der Waals surface area contributed by atoms with Gasteiger partial charge in [0.2, 0.25) is 0 Å². The van der Waals surface area contributed by atoms with Crippen LogP contribution in [0.15, 0.2) is 48.5 Å². The molecule has 8 heteroatoms. The SMILES string of the molecule is COc1ccc(C(=O)N[C@H]2CC[C@@H](Nc3cc(C(F)(F)F)nc4ccccc34)CC2)c(C)c1. The molecule has 4 rings (SSSR count). The summed E-state index contributed by atoms with van der Waals surface area (Å²) in [5, 5.41) is 7.05. The van der Waals surface area contributed by atoms with Crippen LogP contribution in [0.2, 0.25) is 0 Å². The molecule has 0 saturated heterocycles. The molecule has 1 aliphatic rings. The van der Waals surface area contributed by atoms with Crippen LogP contribution >= 0.6 is 0 Å². The molecule has 1 heterocycles. The summed E-state index contributed by atoms with van der Waals surface area (Å²) in [5.41, 5.74) is 1.30. The van der Waals surface area contributed by atoms with Crippen LogP contribution in [0.5, 0.6) is 5.75 Å². The Hall–Kier alpha value is -3.29. The molecule has 1 amide bonds. The number of amides is 1. The van der Waals surface area contributed by atoms with Gasteiger partial charge in [-0.05, 0) is 68.5 Å². The molecular weight excluding hydrogens is 431 g/mol. The Balaban J connectivity index is 1.41. The second-order valence-corrected chi connectivity index (χ2v) is 8.42. The highest BCUT2D eigenvalue weighted by Crippen LogP contribution is 2.34. The van der Waals surface area contributed by atoms with E-state index in [2.05, 4.69) is 15.6 Å². The van der Waals surface area contributed by atoms with Gasteiger partial charge in [0, 0.05) is 28.7 Å². The fourth-order valence-electron chi connectivity index (χ4n) is 4.32. The highest BCUT2D eigenvalue weighted by atomic mass is 19.4. The van der Waals surface area contributed by atoms with Crippen molar-refractivity contribution in [3.05, 3.63) is 65.4 Å². The van der Waals surface area contributed by atoms with E-state index in [0.717, 1.165) is 37.3 Å². The average molecular weight is 457 g/mol. The lowest BCUT2D eigenvalue weighted by Gasteiger charge is -2.31. The summed E-state index contributed by atoms with van der Waals surface area (Å²) in [6.45, 7) is 1.87. The maximum Gasteiger partial charge on any atom is 0.433 e. The highest BCUT2D eigenvalue weighted by Gasteiger charge is 2.34. The molecule has 2 aromatic carbocycles. The lowest BCUT2D eigenvalue weighted by molar-refractivity contribution is -0.140. The van der Waals surface area contributed by atoms with E-state index in [9.17, 15) is 18.0 Å². The Morgan fingerprint density at radius 1 is 1.03 bits per heavy atom. The normalized spacial score (nSPS) is 18.7. The third kappa shape index (κ3) is 5.21. The van der Waals surface area contributed by atoms with Gasteiger partial charge in [-0.15, -0.1) is 0 Å². The third-order valence-corrected chi connectivity index (χ3v) is 6.11. The number of alkyl halides is 3. The number of anilines is 1. The van der Waals surface area contributed by atoms with Gasteiger partial charge in [-0.2, -0.15) is 13.2 Å². The van der Waals surface area contributed by atoms with Gasteiger partial charge in [-0.25, -0.2) is 4.98 Å². The van der Waals surface area contributed by atoms with Gasteiger partial charge in [-0.1, -0.05) is 18.2 Å². The first-order valence-electron chi connectivity index (χ1n) is 10.9. The highest BCUT2D eigenvalue weighted by molar-refractivity contribution is 5.96. The van der Waals surface area contributed by atoms with Crippen LogP contribution in [-0.2, 0) is 6.18 Å². The lowest BCUT2D eigenvalue weighted by atomic mass is 9.90. The number of benzene rings is 2. The number of hydrogen-bond acceptors (Lipinski definition) is 4. The molecule has 0 atom stereocenters. The molecule has 33 heavy (non-hydrogen) atoms. The zero-order chi connectivity index (χ0) is 23.6. The predicted octanol–water partition coefficient (Wildman–Crippen LogP) is 5.72. The summed E-state index contributed by atoms with van der Waals surface area (Å²) in [7, 11) is 1.58. The smallest absolute Gasteiger partial charge is 0.433 e. The van der Waals surface area contributed by atoms with Crippen LogP contribution in [0.4, 0.5) is 18.9 Å². The van der Waals surface area contributed by atoms with Crippen molar-refractivity contribution in [2.24, 2.45) is 0 Å². The molecule has 174 valence electrons. The largest absolute Gasteiger partial charge is 0.497 e. The molecule has 5 nitrogen and oxygen atoms in total. The third-order valence-electron chi connectivity index (χ3n) is 6.11. The van der Waals surface area contributed by atoms with Crippen LogP contribution in [-0.4, -0.2) is 30.1 Å². The molecule has 0 aliphatic heterocycles. The molecule has 1 aliphatic carbocycles.